The van der Waals surface area contributed by atoms with E-state index >= 15 is 0 Å². The molecule has 0 amide bonds. The molecule has 0 radical (unpaired) electrons. The van der Waals surface area contributed by atoms with Crippen LogP contribution in [0.2, 0.25) is 0 Å². The molecule has 2 nitrogen and oxygen atoms in total. The summed E-state index contributed by atoms with van der Waals surface area (Å²) in [5.41, 5.74) is 10.1. The van der Waals surface area contributed by atoms with Crippen molar-refractivity contribution in [1.82, 2.24) is 0 Å². The molecule has 0 aliphatic carbocycles. The van der Waals surface area contributed by atoms with E-state index in [1.807, 2.05) is 18.2 Å². The Labute approximate surface area is 126 Å². The number of hydrogen-bond acceptors (Lipinski definition) is 2. The van der Waals surface area contributed by atoms with Gasteiger partial charge in [0, 0.05) is 28.9 Å². The molecule has 0 fully saturated rings. The van der Waals surface area contributed by atoms with Crippen LogP contribution < -0.4 is 10.6 Å². The molecule has 0 saturated carbocycles. The fourth-order valence-corrected chi connectivity index (χ4v) is 3.27. The highest BCUT2D eigenvalue weighted by Gasteiger charge is 2.17. The SMILES string of the molecule is Nc1ccc2c(c1)N(Cc1cc(F)cc(Br)c1)CCC2. The van der Waals surface area contributed by atoms with Crippen LogP contribution >= 0.6 is 15.9 Å². The van der Waals surface area contributed by atoms with Gasteiger partial charge in [0.15, 0.2) is 0 Å². The van der Waals surface area contributed by atoms with Gasteiger partial charge < -0.3 is 10.6 Å². The summed E-state index contributed by atoms with van der Waals surface area (Å²) in [6, 6.07) is 11.1. The Hall–Kier alpha value is -1.55. The van der Waals surface area contributed by atoms with Crippen LogP contribution in [0.3, 0.4) is 0 Å². The van der Waals surface area contributed by atoms with Crippen LogP contribution in [0.1, 0.15) is 17.5 Å². The molecule has 1 aliphatic rings. The third-order valence-electron chi connectivity index (χ3n) is 3.62. The minimum absolute atomic E-state index is 0.209. The van der Waals surface area contributed by atoms with E-state index in [1.165, 1.54) is 17.3 Å². The summed E-state index contributed by atoms with van der Waals surface area (Å²) < 4.78 is 14.2. The molecule has 4 heteroatoms. The van der Waals surface area contributed by atoms with E-state index in [9.17, 15) is 4.39 Å². The zero-order valence-corrected chi connectivity index (χ0v) is 12.7. The van der Waals surface area contributed by atoms with Gasteiger partial charge in [-0.2, -0.15) is 0 Å². The van der Waals surface area contributed by atoms with Crippen LogP contribution in [0.5, 0.6) is 0 Å². The van der Waals surface area contributed by atoms with Gasteiger partial charge in [-0.3, -0.25) is 0 Å². The van der Waals surface area contributed by atoms with Gasteiger partial charge in [-0.25, -0.2) is 4.39 Å². The van der Waals surface area contributed by atoms with Crippen LogP contribution in [0.15, 0.2) is 40.9 Å². The molecule has 2 N–H and O–H groups in total. The van der Waals surface area contributed by atoms with Crippen LogP contribution in [-0.4, -0.2) is 6.54 Å². The number of rotatable bonds is 2. The largest absolute Gasteiger partial charge is 0.399 e. The van der Waals surface area contributed by atoms with E-state index in [4.69, 9.17) is 5.73 Å². The van der Waals surface area contributed by atoms with Crippen molar-refractivity contribution in [3.63, 3.8) is 0 Å². The maximum Gasteiger partial charge on any atom is 0.124 e. The Kier molecular flexibility index (Phi) is 3.66. The van der Waals surface area contributed by atoms with Crippen molar-refractivity contribution in [3.8, 4) is 0 Å². The highest BCUT2D eigenvalue weighted by molar-refractivity contribution is 9.10. The number of nitrogen functional groups attached to an aromatic ring is 1. The van der Waals surface area contributed by atoms with Crippen molar-refractivity contribution in [1.29, 1.82) is 0 Å². The standard InChI is InChI=1S/C16H16BrFN2/c17-13-6-11(7-14(18)8-13)10-20-5-1-2-12-3-4-15(19)9-16(12)20/h3-4,6-9H,1-2,5,10,19H2. The van der Waals surface area contributed by atoms with E-state index in [-0.39, 0.29) is 5.82 Å². The summed E-state index contributed by atoms with van der Waals surface area (Å²) >= 11 is 3.34. The Morgan fingerprint density at radius 1 is 1.20 bits per heavy atom. The molecule has 104 valence electrons. The third kappa shape index (κ3) is 2.80. The first-order valence-corrected chi connectivity index (χ1v) is 7.49. The van der Waals surface area contributed by atoms with Gasteiger partial charge >= 0.3 is 0 Å². The van der Waals surface area contributed by atoms with Crippen LogP contribution in [0.25, 0.3) is 0 Å². The van der Waals surface area contributed by atoms with E-state index < -0.39 is 0 Å². The van der Waals surface area contributed by atoms with Gasteiger partial charge in [-0.05, 0) is 54.3 Å². The minimum Gasteiger partial charge on any atom is -0.399 e. The quantitative estimate of drug-likeness (QED) is 0.837. The van der Waals surface area contributed by atoms with Crippen molar-refractivity contribution in [2.75, 3.05) is 17.2 Å². The Balaban J connectivity index is 1.91. The van der Waals surface area contributed by atoms with Gasteiger partial charge in [0.1, 0.15) is 5.82 Å². The Bertz CT molecular complexity index is 622. The maximum absolute atomic E-state index is 13.5. The van der Waals surface area contributed by atoms with Gasteiger partial charge in [0.05, 0.1) is 0 Å². The van der Waals surface area contributed by atoms with Crippen molar-refractivity contribution >= 4 is 27.3 Å². The number of aryl methyl sites for hydroxylation is 1. The van der Waals surface area contributed by atoms with Gasteiger partial charge in [-0.15, -0.1) is 0 Å². The predicted octanol–water partition coefficient (Wildman–Crippen LogP) is 4.12. The topological polar surface area (TPSA) is 29.3 Å². The number of fused-ring (bicyclic) bond motifs is 1. The first-order chi connectivity index (χ1) is 9.61. The molecule has 3 rings (SSSR count). The zero-order valence-electron chi connectivity index (χ0n) is 11.1. The lowest BCUT2D eigenvalue weighted by Crippen LogP contribution is -2.28. The molecule has 1 heterocycles. The summed E-state index contributed by atoms with van der Waals surface area (Å²) in [5, 5.41) is 0. The molecular formula is C16H16BrFN2. The summed E-state index contributed by atoms with van der Waals surface area (Å²) in [6.45, 7) is 1.68. The van der Waals surface area contributed by atoms with Gasteiger partial charge in [-0.1, -0.05) is 22.0 Å². The molecule has 2 aromatic rings. The number of benzene rings is 2. The van der Waals surface area contributed by atoms with Crippen molar-refractivity contribution in [2.45, 2.75) is 19.4 Å². The lowest BCUT2D eigenvalue weighted by atomic mass is 10.0. The average molecular weight is 335 g/mol. The second-order valence-corrected chi connectivity index (χ2v) is 6.11. The smallest absolute Gasteiger partial charge is 0.124 e. The summed E-state index contributed by atoms with van der Waals surface area (Å²) in [7, 11) is 0. The molecule has 0 bridgehead atoms. The van der Waals surface area contributed by atoms with Gasteiger partial charge in [0.2, 0.25) is 0 Å². The highest BCUT2D eigenvalue weighted by Crippen LogP contribution is 2.30. The van der Waals surface area contributed by atoms with Crippen LogP contribution in [0, 0.1) is 5.82 Å². The van der Waals surface area contributed by atoms with Crippen molar-refractivity contribution in [2.24, 2.45) is 0 Å². The number of nitrogens with two attached hydrogens (primary N) is 1. The first-order valence-electron chi connectivity index (χ1n) is 6.70. The van der Waals surface area contributed by atoms with E-state index in [2.05, 4.69) is 26.9 Å². The highest BCUT2D eigenvalue weighted by atomic mass is 79.9. The molecule has 0 saturated heterocycles. The Morgan fingerprint density at radius 2 is 2.05 bits per heavy atom. The average Bonchev–Trinajstić information content (AvgIpc) is 2.38. The summed E-state index contributed by atoms with van der Waals surface area (Å²) in [5.74, 6) is -0.209. The van der Waals surface area contributed by atoms with E-state index in [0.717, 1.165) is 35.1 Å². The number of hydrogen-bond donors (Lipinski definition) is 1. The molecule has 0 spiro atoms. The monoisotopic (exact) mass is 334 g/mol. The first kappa shape index (κ1) is 13.4. The molecule has 0 unspecified atom stereocenters. The molecule has 20 heavy (non-hydrogen) atoms. The van der Waals surface area contributed by atoms with Crippen molar-refractivity contribution < 1.29 is 4.39 Å². The molecule has 2 aromatic carbocycles. The number of anilines is 2. The van der Waals surface area contributed by atoms with Crippen molar-refractivity contribution in [3.05, 3.63) is 57.8 Å². The van der Waals surface area contributed by atoms with Crippen LogP contribution in [-0.2, 0) is 13.0 Å². The molecule has 0 atom stereocenters. The fraction of sp³-hybridized carbons (Fsp3) is 0.250. The maximum atomic E-state index is 13.5. The lowest BCUT2D eigenvalue weighted by molar-refractivity contribution is 0.621. The zero-order chi connectivity index (χ0) is 14.1. The molecular weight excluding hydrogens is 319 g/mol. The summed E-state index contributed by atoms with van der Waals surface area (Å²) in [6.07, 6.45) is 2.20. The minimum atomic E-state index is -0.209. The Morgan fingerprint density at radius 3 is 2.85 bits per heavy atom. The fourth-order valence-electron chi connectivity index (χ4n) is 2.75. The third-order valence-corrected chi connectivity index (χ3v) is 4.08. The second kappa shape index (κ2) is 5.44. The normalized spacial score (nSPS) is 14.2. The lowest BCUT2D eigenvalue weighted by Gasteiger charge is -2.31. The summed E-state index contributed by atoms with van der Waals surface area (Å²) in [4.78, 5) is 2.27. The molecule has 0 aromatic heterocycles. The van der Waals surface area contributed by atoms with E-state index in [1.54, 1.807) is 6.07 Å². The second-order valence-electron chi connectivity index (χ2n) is 5.19. The van der Waals surface area contributed by atoms with Crippen LogP contribution in [0.4, 0.5) is 15.8 Å². The van der Waals surface area contributed by atoms with Gasteiger partial charge in [0.25, 0.3) is 0 Å². The van der Waals surface area contributed by atoms with E-state index in [0.29, 0.717) is 6.54 Å². The predicted molar refractivity (Wildman–Crippen MR) is 84.3 cm³/mol. The molecule has 1 aliphatic heterocycles. The number of nitrogens with zero attached hydrogens (tertiary/aromatic N) is 1. The number of halogens is 2.